The summed E-state index contributed by atoms with van der Waals surface area (Å²) in [4.78, 5) is 1.28. The maximum absolute atomic E-state index is 5.83. The Labute approximate surface area is 99.4 Å². The first-order chi connectivity index (χ1) is 6.72. The van der Waals surface area contributed by atoms with Crippen LogP contribution in [0.2, 0.25) is 4.34 Å². The first-order valence-electron chi connectivity index (χ1n) is 4.76. The molecule has 1 nitrogen and oxygen atoms in total. The van der Waals surface area contributed by atoms with Crippen molar-refractivity contribution in [2.75, 3.05) is 5.88 Å². The molecule has 0 spiro atoms. The normalized spacial score (nSPS) is 13.1. The van der Waals surface area contributed by atoms with E-state index in [1.807, 2.05) is 6.07 Å². The lowest BCUT2D eigenvalue weighted by Crippen LogP contribution is -2.24. The van der Waals surface area contributed by atoms with E-state index < -0.39 is 0 Å². The summed E-state index contributed by atoms with van der Waals surface area (Å²) in [6.45, 7) is 3.09. The second-order valence-electron chi connectivity index (χ2n) is 3.32. The van der Waals surface area contributed by atoms with Gasteiger partial charge in [0.2, 0.25) is 0 Å². The molecule has 0 fully saturated rings. The Morgan fingerprint density at radius 1 is 1.50 bits per heavy atom. The molecule has 1 N–H and O–H groups in total. The van der Waals surface area contributed by atoms with Crippen LogP contribution in [0.15, 0.2) is 12.1 Å². The van der Waals surface area contributed by atoms with Gasteiger partial charge in [0, 0.05) is 23.3 Å². The maximum atomic E-state index is 5.83. The van der Waals surface area contributed by atoms with E-state index in [4.69, 9.17) is 23.2 Å². The molecule has 1 unspecified atom stereocenters. The molecule has 80 valence electrons. The highest BCUT2D eigenvalue weighted by Gasteiger charge is 2.02. The standard InChI is InChI=1S/C10H15Cl2NS/c1-8(3-2-6-11)13-7-9-4-5-10(12)14-9/h4-5,8,13H,2-3,6-7H2,1H3. The van der Waals surface area contributed by atoms with Crippen molar-refractivity contribution in [1.29, 1.82) is 0 Å². The van der Waals surface area contributed by atoms with Crippen LogP contribution in [0.25, 0.3) is 0 Å². The van der Waals surface area contributed by atoms with Crippen molar-refractivity contribution in [1.82, 2.24) is 5.32 Å². The van der Waals surface area contributed by atoms with E-state index in [-0.39, 0.29) is 0 Å². The lowest BCUT2D eigenvalue weighted by molar-refractivity contribution is 0.512. The van der Waals surface area contributed by atoms with Crippen LogP contribution in [-0.4, -0.2) is 11.9 Å². The van der Waals surface area contributed by atoms with Crippen molar-refractivity contribution in [2.45, 2.75) is 32.4 Å². The molecule has 0 bridgehead atoms. The summed E-state index contributed by atoms with van der Waals surface area (Å²) in [5.41, 5.74) is 0. The lowest BCUT2D eigenvalue weighted by atomic mass is 10.2. The molecule has 1 heterocycles. The molecule has 1 aromatic rings. The number of halogens is 2. The van der Waals surface area contributed by atoms with Gasteiger partial charge in [-0.25, -0.2) is 0 Å². The number of thiophene rings is 1. The zero-order valence-corrected chi connectivity index (χ0v) is 10.6. The minimum absolute atomic E-state index is 0.523. The largest absolute Gasteiger partial charge is 0.309 e. The van der Waals surface area contributed by atoms with Crippen molar-refractivity contribution in [3.8, 4) is 0 Å². The Bertz CT molecular complexity index is 262. The minimum atomic E-state index is 0.523. The Morgan fingerprint density at radius 2 is 2.29 bits per heavy atom. The van der Waals surface area contributed by atoms with Gasteiger partial charge in [-0.15, -0.1) is 22.9 Å². The van der Waals surface area contributed by atoms with Crippen molar-refractivity contribution in [2.24, 2.45) is 0 Å². The summed E-state index contributed by atoms with van der Waals surface area (Å²) in [5, 5.41) is 3.44. The highest BCUT2D eigenvalue weighted by atomic mass is 35.5. The number of nitrogens with one attached hydrogen (secondary N) is 1. The van der Waals surface area contributed by atoms with Gasteiger partial charge in [-0.2, -0.15) is 0 Å². The molecule has 1 aromatic heterocycles. The van der Waals surface area contributed by atoms with Crippen LogP contribution in [-0.2, 0) is 6.54 Å². The molecule has 0 saturated carbocycles. The zero-order chi connectivity index (χ0) is 10.4. The van der Waals surface area contributed by atoms with Crippen LogP contribution in [0.5, 0.6) is 0 Å². The van der Waals surface area contributed by atoms with Gasteiger partial charge in [0.15, 0.2) is 0 Å². The van der Waals surface area contributed by atoms with Crippen molar-refractivity contribution < 1.29 is 0 Å². The SMILES string of the molecule is CC(CCCCl)NCc1ccc(Cl)s1. The van der Waals surface area contributed by atoms with E-state index in [9.17, 15) is 0 Å². The predicted octanol–water partition coefficient (Wildman–Crippen LogP) is 3.90. The van der Waals surface area contributed by atoms with Gasteiger partial charge in [-0.05, 0) is 31.9 Å². The van der Waals surface area contributed by atoms with E-state index in [0.29, 0.717) is 6.04 Å². The Kier molecular flexibility index (Phi) is 5.87. The van der Waals surface area contributed by atoms with Gasteiger partial charge in [0.25, 0.3) is 0 Å². The molecule has 0 aromatic carbocycles. The van der Waals surface area contributed by atoms with Gasteiger partial charge in [-0.1, -0.05) is 11.6 Å². The summed E-state index contributed by atoms with van der Waals surface area (Å²) >= 11 is 13.1. The number of rotatable bonds is 6. The summed E-state index contributed by atoms with van der Waals surface area (Å²) in [5.74, 6) is 0.747. The molecule has 4 heteroatoms. The predicted molar refractivity (Wildman–Crippen MR) is 65.6 cm³/mol. The van der Waals surface area contributed by atoms with Gasteiger partial charge in [-0.3, -0.25) is 0 Å². The highest BCUT2D eigenvalue weighted by Crippen LogP contribution is 2.21. The van der Waals surface area contributed by atoms with E-state index in [1.54, 1.807) is 11.3 Å². The van der Waals surface area contributed by atoms with E-state index in [2.05, 4.69) is 18.3 Å². The topological polar surface area (TPSA) is 12.0 Å². The molecule has 14 heavy (non-hydrogen) atoms. The molecule has 0 radical (unpaired) electrons. The fraction of sp³-hybridized carbons (Fsp3) is 0.600. The van der Waals surface area contributed by atoms with Crippen LogP contribution in [0.3, 0.4) is 0 Å². The second-order valence-corrected chi connectivity index (χ2v) is 5.50. The van der Waals surface area contributed by atoms with Crippen LogP contribution in [0.1, 0.15) is 24.6 Å². The lowest BCUT2D eigenvalue weighted by Gasteiger charge is -2.11. The smallest absolute Gasteiger partial charge is 0.0931 e. The summed E-state index contributed by atoms with van der Waals surface area (Å²) in [7, 11) is 0. The van der Waals surface area contributed by atoms with Crippen molar-refractivity contribution in [3.05, 3.63) is 21.3 Å². The Hall–Kier alpha value is 0.240. The molecule has 1 atom stereocenters. The first kappa shape index (κ1) is 12.3. The minimum Gasteiger partial charge on any atom is -0.309 e. The number of alkyl halides is 1. The average molecular weight is 252 g/mol. The molecular weight excluding hydrogens is 237 g/mol. The number of hydrogen-bond acceptors (Lipinski definition) is 2. The molecule has 0 amide bonds. The Balaban J connectivity index is 2.20. The van der Waals surface area contributed by atoms with Crippen molar-refractivity contribution >= 4 is 34.5 Å². The van der Waals surface area contributed by atoms with Crippen LogP contribution in [0.4, 0.5) is 0 Å². The van der Waals surface area contributed by atoms with Crippen molar-refractivity contribution in [3.63, 3.8) is 0 Å². The molecule has 1 rings (SSSR count). The third-order valence-electron chi connectivity index (χ3n) is 2.02. The van der Waals surface area contributed by atoms with Gasteiger partial charge in [0.1, 0.15) is 0 Å². The van der Waals surface area contributed by atoms with Crippen LogP contribution in [0, 0.1) is 0 Å². The monoisotopic (exact) mass is 251 g/mol. The summed E-state index contributed by atoms with van der Waals surface area (Å²) in [6.07, 6.45) is 2.20. The van der Waals surface area contributed by atoms with Gasteiger partial charge < -0.3 is 5.32 Å². The van der Waals surface area contributed by atoms with E-state index in [1.165, 1.54) is 4.88 Å². The first-order valence-corrected chi connectivity index (χ1v) is 6.49. The number of hydrogen-bond donors (Lipinski definition) is 1. The fourth-order valence-corrected chi connectivity index (χ4v) is 2.40. The molecule has 0 aliphatic rings. The molecule has 0 aliphatic heterocycles. The van der Waals surface area contributed by atoms with E-state index in [0.717, 1.165) is 29.6 Å². The quantitative estimate of drug-likeness (QED) is 0.757. The molecule has 0 saturated heterocycles. The third kappa shape index (κ3) is 4.65. The molecule has 0 aliphatic carbocycles. The second kappa shape index (κ2) is 6.67. The van der Waals surface area contributed by atoms with Crippen LogP contribution >= 0.6 is 34.5 Å². The fourth-order valence-electron chi connectivity index (χ4n) is 1.21. The Morgan fingerprint density at radius 3 is 2.86 bits per heavy atom. The summed E-state index contributed by atoms with van der Waals surface area (Å²) in [6, 6.07) is 4.52. The van der Waals surface area contributed by atoms with Gasteiger partial charge >= 0.3 is 0 Å². The van der Waals surface area contributed by atoms with Gasteiger partial charge in [0.05, 0.1) is 4.34 Å². The highest BCUT2D eigenvalue weighted by molar-refractivity contribution is 7.16. The average Bonchev–Trinajstić information content (AvgIpc) is 2.58. The maximum Gasteiger partial charge on any atom is 0.0931 e. The van der Waals surface area contributed by atoms with Crippen LogP contribution < -0.4 is 5.32 Å². The third-order valence-corrected chi connectivity index (χ3v) is 3.52. The molecular formula is C10H15Cl2NS. The zero-order valence-electron chi connectivity index (χ0n) is 8.22. The van der Waals surface area contributed by atoms with E-state index >= 15 is 0 Å². The summed E-state index contributed by atoms with van der Waals surface area (Å²) < 4.78 is 0.857.